The van der Waals surface area contributed by atoms with Crippen LogP contribution in [-0.4, -0.2) is 20.5 Å². The van der Waals surface area contributed by atoms with E-state index in [4.69, 9.17) is 0 Å². The molecule has 0 radical (unpaired) electrons. The lowest BCUT2D eigenvalue weighted by Gasteiger charge is -2.10. The Bertz CT molecular complexity index is 499. The van der Waals surface area contributed by atoms with E-state index in [-0.39, 0.29) is 16.8 Å². The Balaban J connectivity index is 2.45. The van der Waals surface area contributed by atoms with Gasteiger partial charge >= 0.3 is 0 Å². The first kappa shape index (κ1) is 10.7. The van der Waals surface area contributed by atoms with Crippen LogP contribution in [0.15, 0.2) is 18.3 Å². The van der Waals surface area contributed by atoms with Crippen LogP contribution >= 0.6 is 0 Å². The average molecular weight is 225 g/mol. The predicted octanol–water partition coefficient (Wildman–Crippen LogP) is 1.47. The molecule has 1 aromatic carbocycles. The number of aliphatic hydroxyl groups excluding tert-OH is 1. The van der Waals surface area contributed by atoms with Crippen molar-refractivity contribution >= 4 is 0 Å². The standard InChI is InChI=1S/C10H9F2N3O/c1-5-2-3-6(9(12)8(5)11)10(16)7-4-13-15-14-7/h2-4,10,16H,1H3,(H,13,14,15). The maximum absolute atomic E-state index is 13.5. The van der Waals surface area contributed by atoms with Crippen molar-refractivity contribution in [3.8, 4) is 0 Å². The van der Waals surface area contributed by atoms with Crippen molar-refractivity contribution < 1.29 is 13.9 Å². The summed E-state index contributed by atoms with van der Waals surface area (Å²) in [6.07, 6.45) is -0.0733. The van der Waals surface area contributed by atoms with E-state index in [0.717, 1.165) is 0 Å². The number of H-pyrrole nitrogens is 1. The van der Waals surface area contributed by atoms with Crippen molar-refractivity contribution in [1.29, 1.82) is 0 Å². The molecule has 0 fully saturated rings. The van der Waals surface area contributed by atoms with E-state index in [0.29, 0.717) is 0 Å². The fraction of sp³-hybridized carbons (Fsp3) is 0.200. The van der Waals surface area contributed by atoms with Gasteiger partial charge in [0.05, 0.1) is 6.20 Å². The number of aryl methyl sites for hydroxylation is 1. The van der Waals surface area contributed by atoms with Crippen molar-refractivity contribution in [3.63, 3.8) is 0 Å². The molecule has 0 aliphatic carbocycles. The van der Waals surface area contributed by atoms with Gasteiger partial charge in [0.15, 0.2) is 11.6 Å². The van der Waals surface area contributed by atoms with Gasteiger partial charge in [-0.25, -0.2) is 8.78 Å². The highest BCUT2D eigenvalue weighted by atomic mass is 19.2. The normalized spacial score (nSPS) is 12.8. The molecule has 16 heavy (non-hydrogen) atoms. The second kappa shape index (κ2) is 3.97. The van der Waals surface area contributed by atoms with E-state index < -0.39 is 17.7 Å². The Morgan fingerprint density at radius 2 is 2.06 bits per heavy atom. The molecule has 1 heterocycles. The number of benzene rings is 1. The van der Waals surface area contributed by atoms with Gasteiger partial charge in [-0.2, -0.15) is 15.4 Å². The Labute approximate surface area is 89.9 Å². The summed E-state index contributed by atoms with van der Waals surface area (Å²) in [4.78, 5) is 0. The zero-order chi connectivity index (χ0) is 11.7. The second-order valence-corrected chi connectivity index (χ2v) is 3.40. The third-order valence-corrected chi connectivity index (χ3v) is 2.31. The first-order chi connectivity index (χ1) is 7.61. The van der Waals surface area contributed by atoms with Crippen molar-refractivity contribution in [1.82, 2.24) is 15.4 Å². The van der Waals surface area contributed by atoms with Crippen molar-refractivity contribution in [2.45, 2.75) is 13.0 Å². The maximum atomic E-state index is 13.5. The molecule has 2 rings (SSSR count). The molecule has 0 spiro atoms. The van der Waals surface area contributed by atoms with Gasteiger partial charge < -0.3 is 5.11 Å². The lowest BCUT2D eigenvalue weighted by molar-refractivity contribution is 0.208. The number of hydrogen-bond acceptors (Lipinski definition) is 3. The van der Waals surface area contributed by atoms with E-state index in [2.05, 4.69) is 15.4 Å². The third-order valence-electron chi connectivity index (χ3n) is 2.31. The topological polar surface area (TPSA) is 61.8 Å². The van der Waals surface area contributed by atoms with E-state index in [1.54, 1.807) is 0 Å². The maximum Gasteiger partial charge on any atom is 0.165 e. The molecule has 0 amide bonds. The van der Waals surface area contributed by atoms with Gasteiger partial charge in [0.1, 0.15) is 11.8 Å². The molecule has 0 saturated carbocycles. The molecule has 2 aromatic rings. The van der Waals surface area contributed by atoms with Crippen molar-refractivity contribution in [2.75, 3.05) is 0 Å². The molecular formula is C10H9F2N3O. The summed E-state index contributed by atoms with van der Waals surface area (Å²) < 4.78 is 26.8. The number of hydrogen-bond donors (Lipinski definition) is 2. The van der Waals surface area contributed by atoms with Crippen LogP contribution in [0.2, 0.25) is 0 Å². The van der Waals surface area contributed by atoms with Crippen LogP contribution in [0.1, 0.15) is 22.9 Å². The largest absolute Gasteiger partial charge is 0.382 e. The van der Waals surface area contributed by atoms with E-state index in [1.807, 2.05) is 0 Å². The molecule has 0 aliphatic rings. The fourth-order valence-corrected chi connectivity index (χ4v) is 1.37. The molecule has 2 N–H and O–H groups in total. The summed E-state index contributed by atoms with van der Waals surface area (Å²) in [5.74, 6) is -2.02. The minimum absolute atomic E-state index is 0.141. The number of aromatic amines is 1. The van der Waals surface area contributed by atoms with Gasteiger partial charge in [0.25, 0.3) is 0 Å². The molecule has 4 nitrogen and oxygen atoms in total. The van der Waals surface area contributed by atoms with Gasteiger partial charge in [-0.3, -0.25) is 0 Å². The lowest BCUT2D eigenvalue weighted by Crippen LogP contribution is -2.05. The minimum Gasteiger partial charge on any atom is -0.382 e. The van der Waals surface area contributed by atoms with Crippen LogP contribution in [0.5, 0.6) is 0 Å². The molecule has 84 valence electrons. The molecule has 0 saturated heterocycles. The van der Waals surface area contributed by atoms with Crippen LogP contribution in [0.4, 0.5) is 8.78 Å². The number of nitrogens with one attached hydrogen (secondary N) is 1. The fourth-order valence-electron chi connectivity index (χ4n) is 1.37. The minimum atomic E-state index is -1.33. The number of aliphatic hydroxyl groups is 1. The van der Waals surface area contributed by atoms with E-state index >= 15 is 0 Å². The summed E-state index contributed by atoms with van der Waals surface area (Å²) in [6, 6.07) is 2.73. The van der Waals surface area contributed by atoms with Gasteiger partial charge in [-0.05, 0) is 12.5 Å². The van der Waals surface area contributed by atoms with Crippen LogP contribution in [0.25, 0.3) is 0 Å². The van der Waals surface area contributed by atoms with Gasteiger partial charge in [-0.1, -0.05) is 12.1 Å². The van der Waals surface area contributed by atoms with Gasteiger partial charge in [0, 0.05) is 5.56 Å². The predicted molar refractivity (Wildman–Crippen MR) is 51.5 cm³/mol. The van der Waals surface area contributed by atoms with Crippen LogP contribution < -0.4 is 0 Å². The Morgan fingerprint density at radius 1 is 1.31 bits per heavy atom. The van der Waals surface area contributed by atoms with Crippen molar-refractivity contribution in [3.05, 3.63) is 46.8 Å². The van der Waals surface area contributed by atoms with Gasteiger partial charge in [0.2, 0.25) is 0 Å². The number of nitrogens with zero attached hydrogens (tertiary/aromatic N) is 2. The monoisotopic (exact) mass is 225 g/mol. The third kappa shape index (κ3) is 1.67. The Morgan fingerprint density at radius 3 is 2.69 bits per heavy atom. The highest BCUT2D eigenvalue weighted by molar-refractivity contribution is 5.30. The zero-order valence-electron chi connectivity index (χ0n) is 8.41. The molecule has 1 atom stereocenters. The van der Waals surface area contributed by atoms with Crippen LogP contribution in [-0.2, 0) is 0 Å². The van der Waals surface area contributed by atoms with Gasteiger partial charge in [-0.15, -0.1) is 0 Å². The smallest absolute Gasteiger partial charge is 0.165 e. The molecular weight excluding hydrogens is 216 g/mol. The molecule has 1 aromatic heterocycles. The summed E-state index contributed by atoms with van der Waals surface area (Å²) in [5.41, 5.74) is 0.174. The molecule has 6 heteroatoms. The quantitative estimate of drug-likeness (QED) is 0.813. The van der Waals surface area contributed by atoms with Crippen LogP contribution in [0, 0.1) is 18.6 Å². The number of rotatable bonds is 2. The highest BCUT2D eigenvalue weighted by Gasteiger charge is 2.20. The first-order valence-corrected chi connectivity index (χ1v) is 4.59. The second-order valence-electron chi connectivity index (χ2n) is 3.40. The zero-order valence-corrected chi connectivity index (χ0v) is 8.41. The Kier molecular flexibility index (Phi) is 2.66. The van der Waals surface area contributed by atoms with Crippen molar-refractivity contribution in [2.24, 2.45) is 0 Å². The molecule has 0 aliphatic heterocycles. The van der Waals surface area contributed by atoms with E-state index in [9.17, 15) is 13.9 Å². The summed E-state index contributed by atoms with van der Waals surface area (Å²) in [6.45, 7) is 1.45. The van der Waals surface area contributed by atoms with E-state index in [1.165, 1.54) is 25.3 Å². The SMILES string of the molecule is Cc1ccc(C(O)c2cn[nH]n2)c(F)c1F. The number of aromatic nitrogens is 3. The lowest BCUT2D eigenvalue weighted by atomic mass is 10.0. The molecule has 1 unspecified atom stereocenters. The summed E-state index contributed by atoms with van der Waals surface area (Å²) >= 11 is 0. The number of halogens is 2. The Hall–Kier alpha value is -1.82. The summed E-state index contributed by atoms with van der Waals surface area (Å²) in [7, 11) is 0. The molecule has 0 bridgehead atoms. The average Bonchev–Trinajstić information content (AvgIpc) is 2.79. The first-order valence-electron chi connectivity index (χ1n) is 4.59. The van der Waals surface area contributed by atoms with Crippen LogP contribution in [0.3, 0.4) is 0 Å². The highest BCUT2D eigenvalue weighted by Crippen LogP contribution is 2.25. The summed E-state index contributed by atoms with van der Waals surface area (Å²) in [5, 5.41) is 19.1.